The molecule has 3 heteroatoms. The molecule has 0 aromatic rings. The van der Waals surface area contributed by atoms with Crippen molar-refractivity contribution >= 4 is 5.97 Å². The molecule has 0 rings (SSSR count). The number of hydrogen-bond donors (Lipinski definition) is 2. The maximum atomic E-state index is 10.9. The van der Waals surface area contributed by atoms with E-state index in [2.05, 4.69) is 12.2 Å². The van der Waals surface area contributed by atoms with E-state index in [1.807, 2.05) is 20.8 Å². The Labute approximate surface area is 86.9 Å². The van der Waals surface area contributed by atoms with Gasteiger partial charge in [-0.25, -0.2) is 0 Å². The first-order valence-corrected chi connectivity index (χ1v) is 5.35. The molecule has 0 fully saturated rings. The molecule has 0 saturated carbocycles. The van der Waals surface area contributed by atoms with Gasteiger partial charge in [-0.2, -0.15) is 0 Å². The number of carbonyl (C=O) groups is 1. The molecule has 0 aromatic carbocycles. The van der Waals surface area contributed by atoms with Gasteiger partial charge < -0.3 is 10.4 Å². The molecule has 0 aliphatic heterocycles. The van der Waals surface area contributed by atoms with E-state index < -0.39 is 12.0 Å². The molecule has 84 valence electrons. The predicted octanol–water partition coefficient (Wildman–Crippen LogP) is 2.27. The van der Waals surface area contributed by atoms with Crippen molar-refractivity contribution in [2.75, 3.05) is 6.54 Å². The average Bonchev–Trinajstić information content (AvgIpc) is 2.01. The van der Waals surface area contributed by atoms with E-state index >= 15 is 0 Å². The molecule has 1 atom stereocenters. The molecule has 0 radical (unpaired) electrons. The molecule has 0 saturated heterocycles. The SMILES string of the molecule is CCCCCNC(C(=O)O)C(C)(C)C. The van der Waals surface area contributed by atoms with Crippen molar-refractivity contribution in [2.24, 2.45) is 5.41 Å². The zero-order valence-electron chi connectivity index (χ0n) is 9.76. The predicted molar refractivity (Wildman–Crippen MR) is 58.4 cm³/mol. The lowest BCUT2D eigenvalue weighted by atomic mass is 9.87. The summed E-state index contributed by atoms with van der Waals surface area (Å²) in [7, 11) is 0. The van der Waals surface area contributed by atoms with Crippen molar-refractivity contribution in [1.29, 1.82) is 0 Å². The molecule has 0 aromatic heterocycles. The van der Waals surface area contributed by atoms with Crippen LogP contribution in [0.3, 0.4) is 0 Å². The molecular weight excluding hydrogens is 178 g/mol. The van der Waals surface area contributed by atoms with Gasteiger partial charge in [-0.15, -0.1) is 0 Å². The summed E-state index contributed by atoms with van der Waals surface area (Å²) in [6, 6.07) is -0.445. The Morgan fingerprint density at radius 3 is 2.29 bits per heavy atom. The maximum absolute atomic E-state index is 10.9. The minimum Gasteiger partial charge on any atom is -0.480 e. The van der Waals surface area contributed by atoms with E-state index in [4.69, 9.17) is 5.11 Å². The number of carboxylic acids is 1. The van der Waals surface area contributed by atoms with Crippen molar-refractivity contribution in [3.63, 3.8) is 0 Å². The molecule has 0 spiro atoms. The second-order valence-electron chi connectivity index (χ2n) is 4.80. The Hall–Kier alpha value is -0.570. The van der Waals surface area contributed by atoms with Crippen molar-refractivity contribution in [3.05, 3.63) is 0 Å². The van der Waals surface area contributed by atoms with Crippen LogP contribution in [0.4, 0.5) is 0 Å². The summed E-state index contributed by atoms with van der Waals surface area (Å²) in [6.07, 6.45) is 3.37. The molecule has 0 amide bonds. The Balaban J connectivity index is 3.94. The number of rotatable bonds is 6. The summed E-state index contributed by atoms with van der Waals surface area (Å²) in [5.41, 5.74) is -0.224. The highest BCUT2D eigenvalue weighted by Gasteiger charge is 2.30. The molecule has 1 unspecified atom stereocenters. The molecular formula is C11H23NO2. The first-order valence-electron chi connectivity index (χ1n) is 5.35. The largest absolute Gasteiger partial charge is 0.480 e. The third-order valence-electron chi connectivity index (χ3n) is 2.24. The second kappa shape index (κ2) is 6.02. The summed E-state index contributed by atoms with van der Waals surface area (Å²) in [5.74, 6) is -0.756. The quantitative estimate of drug-likeness (QED) is 0.648. The summed E-state index contributed by atoms with van der Waals surface area (Å²) >= 11 is 0. The summed E-state index contributed by atoms with van der Waals surface area (Å²) in [4.78, 5) is 10.9. The highest BCUT2D eigenvalue weighted by Crippen LogP contribution is 2.19. The van der Waals surface area contributed by atoms with Crippen LogP contribution in [0.5, 0.6) is 0 Å². The van der Waals surface area contributed by atoms with Crippen molar-refractivity contribution in [1.82, 2.24) is 5.32 Å². The minimum absolute atomic E-state index is 0.224. The van der Waals surface area contributed by atoms with Crippen LogP contribution in [-0.2, 0) is 4.79 Å². The molecule has 0 bridgehead atoms. The van der Waals surface area contributed by atoms with Crippen LogP contribution in [0, 0.1) is 5.41 Å². The zero-order valence-corrected chi connectivity index (χ0v) is 9.76. The van der Waals surface area contributed by atoms with Gasteiger partial charge in [0.25, 0.3) is 0 Å². The van der Waals surface area contributed by atoms with E-state index in [1.165, 1.54) is 0 Å². The lowest BCUT2D eigenvalue weighted by Crippen LogP contribution is -2.46. The molecule has 0 aliphatic rings. The zero-order chi connectivity index (χ0) is 11.2. The van der Waals surface area contributed by atoms with Gasteiger partial charge in [0.05, 0.1) is 0 Å². The van der Waals surface area contributed by atoms with Gasteiger partial charge in [0, 0.05) is 0 Å². The molecule has 2 N–H and O–H groups in total. The van der Waals surface area contributed by atoms with Gasteiger partial charge >= 0.3 is 5.97 Å². The van der Waals surface area contributed by atoms with Crippen molar-refractivity contribution in [2.45, 2.75) is 53.0 Å². The average molecular weight is 201 g/mol. The Kier molecular flexibility index (Phi) is 5.77. The first kappa shape index (κ1) is 13.4. The second-order valence-corrected chi connectivity index (χ2v) is 4.80. The highest BCUT2D eigenvalue weighted by atomic mass is 16.4. The lowest BCUT2D eigenvalue weighted by Gasteiger charge is -2.27. The van der Waals surface area contributed by atoms with E-state index in [0.717, 1.165) is 25.8 Å². The van der Waals surface area contributed by atoms with Gasteiger partial charge in [0.15, 0.2) is 0 Å². The van der Waals surface area contributed by atoms with Crippen LogP contribution in [0.25, 0.3) is 0 Å². The third-order valence-corrected chi connectivity index (χ3v) is 2.24. The molecule has 14 heavy (non-hydrogen) atoms. The van der Waals surface area contributed by atoms with Crippen molar-refractivity contribution < 1.29 is 9.90 Å². The van der Waals surface area contributed by atoms with Crippen LogP contribution in [-0.4, -0.2) is 23.7 Å². The van der Waals surface area contributed by atoms with Gasteiger partial charge in [-0.05, 0) is 18.4 Å². The molecule has 3 nitrogen and oxygen atoms in total. The van der Waals surface area contributed by atoms with Crippen LogP contribution < -0.4 is 5.32 Å². The summed E-state index contributed by atoms with van der Waals surface area (Å²) in [6.45, 7) is 8.76. The smallest absolute Gasteiger partial charge is 0.321 e. The first-order chi connectivity index (χ1) is 6.39. The number of carboxylic acid groups (broad SMARTS) is 1. The van der Waals surface area contributed by atoms with E-state index in [9.17, 15) is 4.79 Å². The van der Waals surface area contributed by atoms with E-state index in [1.54, 1.807) is 0 Å². The number of nitrogens with one attached hydrogen (secondary N) is 1. The number of hydrogen-bond acceptors (Lipinski definition) is 2. The fourth-order valence-corrected chi connectivity index (χ4v) is 1.39. The van der Waals surface area contributed by atoms with E-state index in [0.29, 0.717) is 0 Å². The molecule has 0 heterocycles. The van der Waals surface area contributed by atoms with Crippen LogP contribution in [0.1, 0.15) is 47.0 Å². The third kappa shape index (κ3) is 5.22. The normalized spacial score (nSPS) is 14.0. The Morgan fingerprint density at radius 2 is 1.93 bits per heavy atom. The van der Waals surface area contributed by atoms with E-state index in [-0.39, 0.29) is 5.41 Å². The van der Waals surface area contributed by atoms with Crippen LogP contribution in [0.15, 0.2) is 0 Å². The maximum Gasteiger partial charge on any atom is 0.321 e. The van der Waals surface area contributed by atoms with Gasteiger partial charge in [-0.1, -0.05) is 40.5 Å². The van der Waals surface area contributed by atoms with Crippen LogP contribution >= 0.6 is 0 Å². The topological polar surface area (TPSA) is 49.3 Å². The Bertz CT molecular complexity index is 173. The van der Waals surface area contributed by atoms with Crippen LogP contribution in [0.2, 0.25) is 0 Å². The monoisotopic (exact) mass is 201 g/mol. The number of aliphatic carboxylic acids is 1. The summed E-state index contributed by atoms with van der Waals surface area (Å²) in [5, 5.41) is 12.1. The van der Waals surface area contributed by atoms with Gasteiger partial charge in [0.1, 0.15) is 6.04 Å². The highest BCUT2D eigenvalue weighted by molar-refractivity contribution is 5.74. The van der Waals surface area contributed by atoms with Crippen molar-refractivity contribution in [3.8, 4) is 0 Å². The lowest BCUT2D eigenvalue weighted by molar-refractivity contribution is -0.142. The standard InChI is InChI=1S/C11H23NO2/c1-5-6-7-8-12-9(10(13)14)11(2,3)4/h9,12H,5-8H2,1-4H3,(H,13,14). The Morgan fingerprint density at radius 1 is 1.36 bits per heavy atom. The fraction of sp³-hybridized carbons (Fsp3) is 0.909. The summed E-state index contributed by atoms with van der Waals surface area (Å²) < 4.78 is 0. The van der Waals surface area contributed by atoms with Gasteiger partial charge in [-0.3, -0.25) is 4.79 Å². The molecule has 0 aliphatic carbocycles. The fourth-order valence-electron chi connectivity index (χ4n) is 1.39. The van der Waals surface area contributed by atoms with Gasteiger partial charge in [0.2, 0.25) is 0 Å². The number of unbranched alkanes of at least 4 members (excludes halogenated alkanes) is 2. The minimum atomic E-state index is -0.756.